The predicted molar refractivity (Wildman–Crippen MR) is 124 cm³/mol. The molecule has 0 aromatic heterocycles. The lowest BCUT2D eigenvalue weighted by Gasteiger charge is -2.34. The van der Waals surface area contributed by atoms with Gasteiger partial charge in [0, 0.05) is 40.4 Å². The van der Waals surface area contributed by atoms with Crippen LogP contribution in [-0.4, -0.2) is 64.3 Å². The summed E-state index contributed by atoms with van der Waals surface area (Å²) >= 11 is 0. The Morgan fingerprint density at radius 1 is 1.15 bits per heavy atom. The maximum atomic E-state index is 12.2. The molecule has 1 aliphatic heterocycles. The Balaban J connectivity index is 0.00000338. The van der Waals surface area contributed by atoms with Crippen LogP contribution in [0.4, 0.5) is 0 Å². The normalized spacial score (nSPS) is 28.9. The molecule has 0 aromatic rings. The van der Waals surface area contributed by atoms with Gasteiger partial charge < -0.3 is 10.6 Å². The quantitative estimate of drug-likeness (QED) is 0.322. The van der Waals surface area contributed by atoms with E-state index in [2.05, 4.69) is 29.4 Å². The third kappa shape index (κ3) is 7.62. The van der Waals surface area contributed by atoms with Gasteiger partial charge >= 0.3 is 0 Å². The summed E-state index contributed by atoms with van der Waals surface area (Å²) in [5.74, 6) is 1.72. The van der Waals surface area contributed by atoms with Crippen LogP contribution in [-0.2, 0) is 10.8 Å². The van der Waals surface area contributed by atoms with Crippen LogP contribution in [0.5, 0.6) is 0 Å². The first-order valence-corrected chi connectivity index (χ1v) is 11.7. The number of hydrogen-bond donors (Lipinski definition) is 2. The highest BCUT2D eigenvalue weighted by Crippen LogP contribution is 2.23. The van der Waals surface area contributed by atoms with Crippen LogP contribution in [0.25, 0.3) is 0 Å². The van der Waals surface area contributed by atoms with E-state index < -0.39 is 10.8 Å². The second-order valence-corrected chi connectivity index (χ2v) is 9.30. The van der Waals surface area contributed by atoms with Crippen molar-refractivity contribution in [2.45, 2.75) is 83.1 Å². The molecule has 0 radical (unpaired) electrons. The maximum absolute atomic E-state index is 12.2. The average Bonchev–Trinajstić information content (AvgIpc) is 2.66. The third-order valence-corrected chi connectivity index (χ3v) is 7.32. The highest BCUT2D eigenvalue weighted by atomic mass is 127. The fourth-order valence-corrected chi connectivity index (χ4v) is 5.49. The fraction of sp³-hybridized carbons (Fsp3) is 0.947. The van der Waals surface area contributed by atoms with Gasteiger partial charge in [0.15, 0.2) is 5.96 Å². The van der Waals surface area contributed by atoms with Gasteiger partial charge in [-0.2, -0.15) is 0 Å². The van der Waals surface area contributed by atoms with Gasteiger partial charge in [-0.15, -0.1) is 24.0 Å². The van der Waals surface area contributed by atoms with Crippen LogP contribution in [0.15, 0.2) is 4.99 Å². The van der Waals surface area contributed by atoms with Crippen molar-refractivity contribution in [1.29, 1.82) is 0 Å². The van der Waals surface area contributed by atoms with E-state index in [9.17, 15) is 4.21 Å². The molecule has 1 aliphatic carbocycles. The van der Waals surface area contributed by atoms with Crippen molar-refractivity contribution < 1.29 is 4.21 Å². The Hall–Kier alpha value is 0.110. The molecule has 1 heterocycles. The minimum absolute atomic E-state index is 0. The molecule has 154 valence electrons. The summed E-state index contributed by atoms with van der Waals surface area (Å²) in [6, 6.07) is 0.988. The first-order chi connectivity index (χ1) is 12.2. The number of guanidine groups is 1. The summed E-state index contributed by atoms with van der Waals surface area (Å²) < 4.78 is 12.2. The Kier molecular flexibility index (Phi) is 12.4. The highest BCUT2D eigenvalue weighted by Gasteiger charge is 2.26. The van der Waals surface area contributed by atoms with Crippen LogP contribution in [0.1, 0.15) is 65.7 Å². The summed E-state index contributed by atoms with van der Waals surface area (Å²) in [5, 5.41) is 7.38. The van der Waals surface area contributed by atoms with Crippen molar-refractivity contribution in [3.63, 3.8) is 0 Å². The van der Waals surface area contributed by atoms with E-state index in [1.165, 1.54) is 32.2 Å². The van der Waals surface area contributed by atoms with Crippen LogP contribution >= 0.6 is 24.0 Å². The smallest absolute Gasteiger partial charge is 0.191 e. The Morgan fingerprint density at radius 2 is 1.96 bits per heavy atom. The van der Waals surface area contributed by atoms with E-state index >= 15 is 0 Å². The van der Waals surface area contributed by atoms with Gasteiger partial charge in [0.25, 0.3) is 0 Å². The molecular weight excluding hydrogens is 459 g/mol. The highest BCUT2D eigenvalue weighted by molar-refractivity contribution is 14.0. The fourth-order valence-electron chi connectivity index (χ4n) is 4.14. The number of halogens is 1. The zero-order chi connectivity index (χ0) is 18.1. The lowest BCUT2D eigenvalue weighted by Crippen LogP contribution is -2.47. The van der Waals surface area contributed by atoms with Gasteiger partial charge in [0.1, 0.15) is 0 Å². The zero-order valence-electron chi connectivity index (χ0n) is 16.8. The molecule has 26 heavy (non-hydrogen) atoms. The van der Waals surface area contributed by atoms with Crippen molar-refractivity contribution >= 4 is 40.7 Å². The van der Waals surface area contributed by atoms with Crippen molar-refractivity contribution in [3.8, 4) is 0 Å². The second-order valence-electron chi connectivity index (χ2n) is 7.30. The van der Waals surface area contributed by atoms with Gasteiger partial charge in [-0.1, -0.05) is 26.7 Å². The number of hydrogen-bond acceptors (Lipinski definition) is 3. The summed E-state index contributed by atoms with van der Waals surface area (Å²) in [6.07, 6.45) is 8.36. The minimum Gasteiger partial charge on any atom is -0.357 e. The van der Waals surface area contributed by atoms with E-state index in [4.69, 9.17) is 4.99 Å². The van der Waals surface area contributed by atoms with Crippen LogP contribution in [0.3, 0.4) is 0 Å². The second kappa shape index (κ2) is 13.3. The SMILES string of the molecule is CCNC(=NCC1CCCCN1CC)NC1CCCC(S(=O)CC)C1.I. The number of rotatable bonds is 7. The van der Waals surface area contributed by atoms with Crippen LogP contribution < -0.4 is 10.6 Å². The number of nitrogens with one attached hydrogen (secondary N) is 2. The van der Waals surface area contributed by atoms with Gasteiger partial charge in [-0.05, 0) is 52.1 Å². The van der Waals surface area contributed by atoms with Gasteiger partial charge in [0.2, 0.25) is 0 Å². The van der Waals surface area contributed by atoms with E-state index in [0.717, 1.165) is 50.6 Å². The molecule has 0 amide bonds. The number of piperidine rings is 1. The zero-order valence-corrected chi connectivity index (χ0v) is 20.0. The molecule has 0 bridgehead atoms. The van der Waals surface area contributed by atoms with Crippen molar-refractivity contribution in [2.24, 2.45) is 4.99 Å². The molecule has 0 spiro atoms. The topological polar surface area (TPSA) is 56.7 Å². The van der Waals surface area contributed by atoms with E-state index in [-0.39, 0.29) is 24.0 Å². The average molecular weight is 499 g/mol. The largest absolute Gasteiger partial charge is 0.357 e. The Labute approximate surface area is 180 Å². The molecule has 2 rings (SSSR count). The van der Waals surface area contributed by atoms with Gasteiger partial charge in [-0.3, -0.25) is 14.1 Å². The number of aliphatic imine (C=N–C) groups is 1. The first-order valence-electron chi connectivity index (χ1n) is 10.3. The number of likely N-dealkylation sites (N-methyl/N-ethyl adjacent to an activating group) is 1. The lowest BCUT2D eigenvalue weighted by molar-refractivity contribution is 0.161. The summed E-state index contributed by atoms with van der Waals surface area (Å²) in [4.78, 5) is 7.46. The molecule has 4 atom stereocenters. The van der Waals surface area contributed by atoms with Gasteiger partial charge in [-0.25, -0.2) is 0 Å². The first kappa shape index (κ1) is 24.1. The number of likely N-dealkylation sites (tertiary alicyclic amines) is 1. The lowest BCUT2D eigenvalue weighted by atomic mass is 9.95. The molecule has 0 aromatic carbocycles. The molecule has 2 N–H and O–H groups in total. The van der Waals surface area contributed by atoms with Crippen molar-refractivity contribution in [3.05, 3.63) is 0 Å². The van der Waals surface area contributed by atoms with E-state index in [1.807, 2.05) is 6.92 Å². The van der Waals surface area contributed by atoms with Crippen molar-refractivity contribution in [1.82, 2.24) is 15.5 Å². The third-order valence-electron chi connectivity index (χ3n) is 5.58. The molecule has 7 heteroatoms. The van der Waals surface area contributed by atoms with Crippen LogP contribution in [0, 0.1) is 0 Å². The minimum atomic E-state index is -0.673. The Bertz CT molecular complexity index is 449. The summed E-state index contributed by atoms with van der Waals surface area (Å²) in [5.41, 5.74) is 0. The van der Waals surface area contributed by atoms with Crippen LogP contribution in [0.2, 0.25) is 0 Å². The predicted octanol–water partition coefficient (Wildman–Crippen LogP) is 3.11. The monoisotopic (exact) mass is 498 g/mol. The molecule has 5 nitrogen and oxygen atoms in total. The molecule has 1 saturated carbocycles. The van der Waals surface area contributed by atoms with E-state index in [1.54, 1.807) is 0 Å². The maximum Gasteiger partial charge on any atom is 0.191 e. The molecule has 4 unspecified atom stereocenters. The molecular formula is C19H39IN4OS. The summed E-state index contributed by atoms with van der Waals surface area (Å²) in [6.45, 7) is 10.5. The number of nitrogens with zero attached hydrogens (tertiary/aromatic N) is 2. The molecule has 1 saturated heterocycles. The molecule has 2 fully saturated rings. The van der Waals surface area contributed by atoms with E-state index in [0.29, 0.717) is 17.3 Å². The van der Waals surface area contributed by atoms with Gasteiger partial charge in [0.05, 0.1) is 6.54 Å². The standard InChI is InChI=1S/C19H38N4OS.HI/c1-4-20-19(21-15-17-11-7-8-13-23(17)5-2)22-16-10-9-12-18(14-16)25(24)6-3;/h16-18H,4-15H2,1-3H3,(H2,20,21,22);1H. The van der Waals surface area contributed by atoms with Crippen molar-refractivity contribution in [2.75, 3.05) is 31.9 Å². The molecule has 2 aliphatic rings. The summed E-state index contributed by atoms with van der Waals surface area (Å²) in [7, 11) is -0.673. The Morgan fingerprint density at radius 3 is 2.65 bits per heavy atom.